The van der Waals surface area contributed by atoms with Crippen LogP contribution in [-0.4, -0.2) is 47.6 Å². The van der Waals surface area contributed by atoms with Crippen molar-refractivity contribution in [1.29, 1.82) is 0 Å². The minimum atomic E-state index is -0.882. The minimum absolute atomic E-state index is 0.0213. The molecule has 1 amide bonds. The molecule has 0 bridgehead atoms. The number of hydrogen-bond donors (Lipinski definition) is 2. The average molecular weight is 256 g/mol. The summed E-state index contributed by atoms with van der Waals surface area (Å²) in [7, 11) is 0. The van der Waals surface area contributed by atoms with E-state index in [1.165, 1.54) is 12.8 Å². The minimum Gasteiger partial charge on any atom is -0.481 e. The van der Waals surface area contributed by atoms with Crippen LogP contribution < -0.4 is 5.32 Å². The monoisotopic (exact) mass is 256 g/mol. The number of amides is 1. The van der Waals surface area contributed by atoms with Crippen LogP contribution in [0.4, 0.5) is 0 Å². The topological polar surface area (TPSA) is 69.6 Å². The number of hydrogen-bond acceptors (Lipinski definition) is 3. The fourth-order valence-electron chi connectivity index (χ4n) is 2.41. The molecule has 0 aromatic rings. The van der Waals surface area contributed by atoms with Gasteiger partial charge in [0.15, 0.2) is 0 Å². The van der Waals surface area contributed by atoms with Crippen molar-refractivity contribution in [3.63, 3.8) is 0 Å². The summed E-state index contributed by atoms with van der Waals surface area (Å²) in [5.74, 6) is -0.220. The summed E-state index contributed by atoms with van der Waals surface area (Å²) >= 11 is 0. The molecule has 104 valence electrons. The van der Waals surface area contributed by atoms with Crippen LogP contribution in [-0.2, 0) is 9.59 Å². The Morgan fingerprint density at radius 3 is 2.83 bits per heavy atom. The molecule has 1 aliphatic heterocycles. The molecule has 0 radical (unpaired) electrons. The van der Waals surface area contributed by atoms with Crippen LogP contribution >= 0.6 is 0 Å². The van der Waals surface area contributed by atoms with Gasteiger partial charge in [-0.15, -0.1) is 0 Å². The number of aliphatic carboxylic acids is 1. The molecule has 1 fully saturated rings. The van der Waals surface area contributed by atoms with Crippen LogP contribution in [0.15, 0.2) is 0 Å². The van der Waals surface area contributed by atoms with Gasteiger partial charge in [-0.25, -0.2) is 0 Å². The second-order valence-corrected chi connectivity index (χ2v) is 5.36. The van der Waals surface area contributed by atoms with E-state index in [0.29, 0.717) is 12.3 Å². The Bertz CT molecular complexity index is 294. The first-order valence-corrected chi connectivity index (χ1v) is 6.71. The molecule has 1 aliphatic rings. The third kappa shape index (κ3) is 6.00. The number of rotatable bonds is 6. The molecule has 0 aliphatic carbocycles. The SMILES string of the molecule is CC1CCCN(CCC(=O)NC(C)CC(=O)O)C1. The van der Waals surface area contributed by atoms with Crippen LogP contribution in [0.25, 0.3) is 0 Å². The molecule has 2 atom stereocenters. The summed E-state index contributed by atoms with van der Waals surface area (Å²) in [6, 6.07) is -0.296. The van der Waals surface area contributed by atoms with Crippen LogP contribution in [0.2, 0.25) is 0 Å². The quantitative estimate of drug-likeness (QED) is 0.746. The molecule has 1 heterocycles. The Labute approximate surface area is 109 Å². The third-order valence-corrected chi connectivity index (χ3v) is 3.28. The fraction of sp³-hybridized carbons (Fsp3) is 0.846. The van der Waals surface area contributed by atoms with E-state index in [-0.39, 0.29) is 18.4 Å². The number of carbonyl (C=O) groups excluding carboxylic acids is 1. The molecular weight excluding hydrogens is 232 g/mol. The molecule has 0 saturated carbocycles. The summed E-state index contributed by atoms with van der Waals surface area (Å²) in [6.45, 7) is 6.87. The van der Waals surface area contributed by atoms with Crippen molar-refractivity contribution in [2.24, 2.45) is 5.92 Å². The Hall–Kier alpha value is -1.10. The van der Waals surface area contributed by atoms with E-state index in [9.17, 15) is 9.59 Å². The zero-order chi connectivity index (χ0) is 13.5. The Morgan fingerprint density at radius 2 is 2.22 bits per heavy atom. The molecule has 1 saturated heterocycles. The number of piperidine rings is 1. The molecule has 18 heavy (non-hydrogen) atoms. The van der Waals surface area contributed by atoms with Gasteiger partial charge in [-0.3, -0.25) is 9.59 Å². The lowest BCUT2D eigenvalue weighted by atomic mass is 10.0. The van der Waals surface area contributed by atoms with Gasteiger partial charge in [-0.1, -0.05) is 6.92 Å². The maximum atomic E-state index is 11.6. The van der Waals surface area contributed by atoms with Gasteiger partial charge < -0.3 is 15.3 Å². The number of carboxylic acid groups (broad SMARTS) is 1. The van der Waals surface area contributed by atoms with Gasteiger partial charge in [0.1, 0.15) is 0 Å². The number of likely N-dealkylation sites (tertiary alicyclic amines) is 1. The summed E-state index contributed by atoms with van der Waals surface area (Å²) in [6.07, 6.45) is 2.92. The van der Waals surface area contributed by atoms with Crippen LogP contribution in [0.1, 0.15) is 39.5 Å². The van der Waals surface area contributed by atoms with Crippen molar-refractivity contribution in [2.75, 3.05) is 19.6 Å². The van der Waals surface area contributed by atoms with Crippen molar-refractivity contribution >= 4 is 11.9 Å². The molecule has 2 unspecified atom stereocenters. The summed E-state index contributed by atoms with van der Waals surface area (Å²) in [4.78, 5) is 24.4. The summed E-state index contributed by atoms with van der Waals surface area (Å²) in [5, 5.41) is 11.3. The van der Waals surface area contributed by atoms with E-state index in [1.807, 2.05) is 0 Å². The molecule has 0 aromatic heterocycles. The first-order valence-electron chi connectivity index (χ1n) is 6.71. The highest BCUT2D eigenvalue weighted by Gasteiger charge is 2.17. The first-order chi connectivity index (χ1) is 8.47. The number of nitrogens with one attached hydrogen (secondary N) is 1. The van der Waals surface area contributed by atoms with Crippen LogP contribution in [0, 0.1) is 5.92 Å². The highest BCUT2D eigenvalue weighted by Crippen LogP contribution is 2.15. The van der Waals surface area contributed by atoms with Gasteiger partial charge >= 0.3 is 5.97 Å². The van der Waals surface area contributed by atoms with Crippen LogP contribution in [0.3, 0.4) is 0 Å². The largest absolute Gasteiger partial charge is 0.481 e. The lowest BCUT2D eigenvalue weighted by molar-refractivity contribution is -0.137. The smallest absolute Gasteiger partial charge is 0.305 e. The lowest BCUT2D eigenvalue weighted by Crippen LogP contribution is -2.39. The second-order valence-electron chi connectivity index (χ2n) is 5.36. The van der Waals surface area contributed by atoms with Gasteiger partial charge in [0.2, 0.25) is 5.91 Å². The van der Waals surface area contributed by atoms with E-state index in [4.69, 9.17) is 5.11 Å². The van der Waals surface area contributed by atoms with Gasteiger partial charge in [0, 0.05) is 25.6 Å². The van der Waals surface area contributed by atoms with Crippen molar-refractivity contribution < 1.29 is 14.7 Å². The summed E-state index contributed by atoms with van der Waals surface area (Å²) in [5.41, 5.74) is 0. The molecule has 2 N–H and O–H groups in total. The van der Waals surface area contributed by atoms with E-state index < -0.39 is 5.97 Å². The predicted octanol–water partition coefficient (Wildman–Crippen LogP) is 1.09. The van der Waals surface area contributed by atoms with Crippen LogP contribution in [0.5, 0.6) is 0 Å². The number of carboxylic acids is 1. The Balaban J connectivity index is 2.18. The third-order valence-electron chi connectivity index (χ3n) is 3.28. The maximum Gasteiger partial charge on any atom is 0.305 e. The average Bonchev–Trinajstić information content (AvgIpc) is 2.25. The molecule has 5 nitrogen and oxygen atoms in total. The second kappa shape index (κ2) is 7.36. The highest BCUT2D eigenvalue weighted by atomic mass is 16.4. The van der Waals surface area contributed by atoms with Gasteiger partial charge in [-0.05, 0) is 32.2 Å². The van der Waals surface area contributed by atoms with Crippen molar-refractivity contribution in [2.45, 2.75) is 45.6 Å². The van der Waals surface area contributed by atoms with E-state index >= 15 is 0 Å². The van der Waals surface area contributed by atoms with Gasteiger partial charge in [-0.2, -0.15) is 0 Å². The molecule has 0 spiro atoms. The van der Waals surface area contributed by atoms with Gasteiger partial charge in [0.25, 0.3) is 0 Å². The van der Waals surface area contributed by atoms with Gasteiger partial charge in [0.05, 0.1) is 6.42 Å². The maximum absolute atomic E-state index is 11.6. The molecule has 5 heteroatoms. The molecular formula is C13H24N2O3. The zero-order valence-electron chi connectivity index (χ0n) is 11.3. The normalized spacial score (nSPS) is 22.4. The fourth-order valence-corrected chi connectivity index (χ4v) is 2.41. The van der Waals surface area contributed by atoms with Crippen molar-refractivity contribution in [1.82, 2.24) is 10.2 Å². The zero-order valence-corrected chi connectivity index (χ0v) is 11.3. The standard InChI is InChI=1S/C13H24N2O3/c1-10-4-3-6-15(9-10)7-5-12(16)14-11(2)8-13(17)18/h10-11H,3-9H2,1-2H3,(H,14,16)(H,17,18). The molecule has 1 rings (SSSR count). The molecule has 0 aromatic carbocycles. The van der Waals surface area contributed by atoms with E-state index in [2.05, 4.69) is 17.1 Å². The highest BCUT2D eigenvalue weighted by molar-refractivity contribution is 5.77. The Kier molecular flexibility index (Phi) is 6.12. The Morgan fingerprint density at radius 1 is 1.50 bits per heavy atom. The van der Waals surface area contributed by atoms with Crippen molar-refractivity contribution in [3.05, 3.63) is 0 Å². The lowest BCUT2D eigenvalue weighted by Gasteiger charge is -2.30. The van der Waals surface area contributed by atoms with E-state index in [1.54, 1.807) is 6.92 Å². The predicted molar refractivity (Wildman–Crippen MR) is 69.3 cm³/mol. The van der Waals surface area contributed by atoms with Crippen molar-refractivity contribution in [3.8, 4) is 0 Å². The first kappa shape index (κ1) is 15.0. The number of carbonyl (C=O) groups is 2. The summed E-state index contributed by atoms with van der Waals surface area (Å²) < 4.78 is 0. The number of nitrogens with zero attached hydrogens (tertiary/aromatic N) is 1. The van der Waals surface area contributed by atoms with E-state index in [0.717, 1.165) is 19.6 Å².